The Hall–Kier alpha value is -1.49. The smallest absolute Gasteiger partial charge is 0.239 e. The molecule has 2 aromatic carbocycles. The molecule has 0 spiro atoms. The second-order valence-electron chi connectivity index (χ2n) is 6.20. The Kier molecular flexibility index (Phi) is 5.72. The van der Waals surface area contributed by atoms with Crippen LogP contribution in [0.5, 0.6) is 0 Å². The summed E-state index contributed by atoms with van der Waals surface area (Å²) in [7, 11) is 0. The summed E-state index contributed by atoms with van der Waals surface area (Å²) >= 11 is 13.6. The lowest BCUT2D eigenvalue weighted by atomic mass is 10.0. The number of carbonyl (C=O) groups excluding carboxylic acids is 1. The van der Waals surface area contributed by atoms with Crippen molar-refractivity contribution < 1.29 is 4.79 Å². The molecule has 1 fully saturated rings. The van der Waals surface area contributed by atoms with Crippen LogP contribution in [0.15, 0.2) is 47.5 Å². The van der Waals surface area contributed by atoms with Crippen molar-refractivity contribution in [3.63, 3.8) is 0 Å². The molecule has 3 nitrogen and oxygen atoms in total. The van der Waals surface area contributed by atoms with E-state index in [9.17, 15) is 4.79 Å². The number of amides is 1. The topological polar surface area (TPSA) is 41.5 Å². The standard InChI is InChI=1S/C19H18Cl2N2OS/c1-11(2)12-3-6-15(7-4-12)22-19-23-18(24)17(25-19)10-13-9-14(20)5-8-16(13)21/h3-9,11,17H,10H2,1-2H3,(H,22,23,24). The van der Waals surface area contributed by atoms with Gasteiger partial charge < -0.3 is 5.32 Å². The average Bonchev–Trinajstić information content (AvgIpc) is 2.91. The number of amidine groups is 1. The van der Waals surface area contributed by atoms with Crippen LogP contribution in [0.1, 0.15) is 30.9 Å². The zero-order valence-electron chi connectivity index (χ0n) is 13.9. The quantitative estimate of drug-likeness (QED) is 0.737. The Balaban J connectivity index is 1.72. The van der Waals surface area contributed by atoms with Gasteiger partial charge >= 0.3 is 0 Å². The van der Waals surface area contributed by atoms with Gasteiger partial charge in [0, 0.05) is 10.0 Å². The first-order valence-corrected chi connectivity index (χ1v) is 9.66. The van der Waals surface area contributed by atoms with Gasteiger partial charge in [0.2, 0.25) is 5.91 Å². The molecule has 1 atom stereocenters. The highest BCUT2D eigenvalue weighted by atomic mass is 35.5. The zero-order chi connectivity index (χ0) is 18.0. The van der Waals surface area contributed by atoms with Crippen molar-refractivity contribution in [2.24, 2.45) is 4.99 Å². The third-order valence-electron chi connectivity index (χ3n) is 3.98. The largest absolute Gasteiger partial charge is 0.304 e. The van der Waals surface area contributed by atoms with E-state index < -0.39 is 0 Å². The van der Waals surface area contributed by atoms with Crippen molar-refractivity contribution in [2.45, 2.75) is 31.4 Å². The number of halogens is 2. The van der Waals surface area contributed by atoms with Crippen LogP contribution in [0.3, 0.4) is 0 Å². The van der Waals surface area contributed by atoms with Gasteiger partial charge in [0.25, 0.3) is 0 Å². The Bertz CT molecular complexity index is 819. The van der Waals surface area contributed by atoms with Crippen LogP contribution in [0.25, 0.3) is 0 Å². The van der Waals surface area contributed by atoms with Crippen molar-refractivity contribution in [3.05, 3.63) is 63.6 Å². The number of rotatable bonds is 4. The minimum Gasteiger partial charge on any atom is -0.304 e. The maximum Gasteiger partial charge on any atom is 0.239 e. The summed E-state index contributed by atoms with van der Waals surface area (Å²) in [5.74, 6) is 0.424. The van der Waals surface area contributed by atoms with E-state index in [4.69, 9.17) is 23.2 Å². The summed E-state index contributed by atoms with van der Waals surface area (Å²) in [4.78, 5) is 16.8. The highest BCUT2D eigenvalue weighted by molar-refractivity contribution is 8.15. The summed E-state index contributed by atoms with van der Waals surface area (Å²) in [6.45, 7) is 4.30. The van der Waals surface area contributed by atoms with Crippen molar-refractivity contribution in [3.8, 4) is 0 Å². The number of thioether (sulfide) groups is 1. The summed E-state index contributed by atoms with van der Waals surface area (Å²) in [5, 5.41) is 4.43. The first-order valence-electron chi connectivity index (χ1n) is 8.02. The summed E-state index contributed by atoms with van der Waals surface area (Å²) < 4.78 is 0. The second-order valence-corrected chi connectivity index (χ2v) is 8.23. The zero-order valence-corrected chi connectivity index (χ0v) is 16.3. The highest BCUT2D eigenvalue weighted by Crippen LogP contribution is 2.29. The number of nitrogens with one attached hydrogen (secondary N) is 1. The molecular weight excluding hydrogens is 375 g/mol. The number of hydrogen-bond acceptors (Lipinski definition) is 3. The Morgan fingerprint density at radius 1 is 1.16 bits per heavy atom. The fourth-order valence-corrected chi connectivity index (χ4v) is 3.95. The molecular formula is C19H18Cl2N2OS. The Morgan fingerprint density at radius 3 is 2.56 bits per heavy atom. The van der Waals surface area contributed by atoms with Crippen LogP contribution in [0.4, 0.5) is 5.69 Å². The molecule has 3 rings (SSSR count). The fourth-order valence-electron chi connectivity index (χ4n) is 2.54. The van der Waals surface area contributed by atoms with Gasteiger partial charge in [-0.15, -0.1) is 0 Å². The third kappa shape index (κ3) is 4.57. The molecule has 0 saturated carbocycles. The van der Waals surface area contributed by atoms with Gasteiger partial charge in [-0.05, 0) is 53.8 Å². The molecule has 1 unspecified atom stereocenters. The van der Waals surface area contributed by atoms with Gasteiger partial charge in [-0.3, -0.25) is 4.79 Å². The fraction of sp³-hybridized carbons (Fsp3) is 0.263. The van der Waals surface area contributed by atoms with E-state index in [1.54, 1.807) is 18.2 Å². The highest BCUT2D eigenvalue weighted by Gasteiger charge is 2.30. The molecule has 25 heavy (non-hydrogen) atoms. The minimum absolute atomic E-state index is 0.0569. The molecule has 0 aromatic heterocycles. The molecule has 6 heteroatoms. The van der Waals surface area contributed by atoms with E-state index in [1.807, 2.05) is 12.1 Å². The molecule has 1 N–H and O–H groups in total. The maximum absolute atomic E-state index is 12.2. The van der Waals surface area contributed by atoms with Gasteiger partial charge in [-0.2, -0.15) is 0 Å². The van der Waals surface area contributed by atoms with Gasteiger partial charge in [0.05, 0.1) is 10.9 Å². The van der Waals surface area contributed by atoms with Crippen molar-refractivity contribution in [2.75, 3.05) is 0 Å². The number of hydrogen-bond donors (Lipinski definition) is 1. The molecule has 1 amide bonds. The van der Waals surface area contributed by atoms with Crippen LogP contribution in [0.2, 0.25) is 10.0 Å². The molecule has 1 heterocycles. The monoisotopic (exact) mass is 392 g/mol. The van der Waals surface area contributed by atoms with E-state index in [0.29, 0.717) is 27.6 Å². The molecule has 0 bridgehead atoms. The Labute approximate surface area is 161 Å². The van der Waals surface area contributed by atoms with Crippen molar-refractivity contribution >= 4 is 51.7 Å². The SMILES string of the molecule is CC(C)c1ccc(N=C2NC(=O)C(Cc3cc(Cl)ccc3Cl)S2)cc1. The lowest BCUT2D eigenvalue weighted by Crippen LogP contribution is -2.26. The van der Waals surface area contributed by atoms with E-state index in [2.05, 4.69) is 36.3 Å². The molecule has 2 aromatic rings. The van der Waals surface area contributed by atoms with Crippen LogP contribution in [0, 0.1) is 0 Å². The lowest BCUT2D eigenvalue weighted by Gasteiger charge is -2.08. The predicted octanol–water partition coefficient (Wildman–Crippen LogP) is 5.58. The van der Waals surface area contributed by atoms with E-state index in [1.165, 1.54) is 17.3 Å². The molecule has 0 aliphatic carbocycles. The molecule has 1 saturated heterocycles. The molecule has 0 radical (unpaired) electrons. The number of aliphatic imine (C=N–C) groups is 1. The van der Waals surface area contributed by atoms with Gasteiger partial charge in [-0.25, -0.2) is 4.99 Å². The number of benzene rings is 2. The van der Waals surface area contributed by atoms with Crippen LogP contribution < -0.4 is 5.32 Å². The van der Waals surface area contributed by atoms with E-state index in [0.717, 1.165) is 11.3 Å². The van der Waals surface area contributed by atoms with E-state index >= 15 is 0 Å². The minimum atomic E-state index is -0.260. The first kappa shape index (κ1) is 18.3. The number of carbonyl (C=O) groups is 1. The van der Waals surface area contributed by atoms with Gasteiger partial charge in [-0.1, -0.05) is 60.9 Å². The predicted molar refractivity (Wildman–Crippen MR) is 107 cm³/mol. The first-order chi connectivity index (χ1) is 11.9. The van der Waals surface area contributed by atoms with Crippen LogP contribution in [-0.4, -0.2) is 16.3 Å². The Morgan fingerprint density at radius 2 is 1.88 bits per heavy atom. The summed E-state index contributed by atoms with van der Waals surface area (Å²) in [6, 6.07) is 13.4. The van der Waals surface area contributed by atoms with E-state index in [-0.39, 0.29) is 11.2 Å². The van der Waals surface area contributed by atoms with Gasteiger partial charge in [0.1, 0.15) is 0 Å². The van der Waals surface area contributed by atoms with Gasteiger partial charge in [0.15, 0.2) is 5.17 Å². The normalized spacial score (nSPS) is 18.8. The third-order valence-corrected chi connectivity index (χ3v) is 5.67. The lowest BCUT2D eigenvalue weighted by molar-refractivity contribution is -0.118. The van der Waals surface area contributed by atoms with Crippen LogP contribution >= 0.6 is 35.0 Å². The molecule has 130 valence electrons. The maximum atomic E-state index is 12.2. The number of nitrogens with zero attached hydrogens (tertiary/aromatic N) is 1. The average molecular weight is 393 g/mol. The van der Waals surface area contributed by atoms with Crippen molar-refractivity contribution in [1.29, 1.82) is 0 Å². The molecule has 1 aliphatic rings. The second kappa shape index (κ2) is 7.81. The van der Waals surface area contributed by atoms with Crippen LogP contribution in [-0.2, 0) is 11.2 Å². The summed E-state index contributed by atoms with van der Waals surface area (Å²) in [5.41, 5.74) is 2.96. The van der Waals surface area contributed by atoms with Crippen molar-refractivity contribution in [1.82, 2.24) is 5.32 Å². The molecule has 1 aliphatic heterocycles. The summed E-state index contributed by atoms with van der Waals surface area (Å²) in [6.07, 6.45) is 0.515.